The molecule has 0 radical (unpaired) electrons. The zero-order chi connectivity index (χ0) is 12.0. The largest absolute Gasteiger partial charge is 0.489 e. The van der Waals surface area contributed by atoms with Gasteiger partial charge in [0.15, 0.2) is 0 Å². The number of amides is 1. The maximum Gasteiger partial charge on any atom is 0.489 e. The minimum Gasteiger partial charge on any atom is -0.423 e. The van der Waals surface area contributed by atoms with Crippen molar-refractivity contribution >= 4 is 43.0 Å². The molecule has 8 heteroatoms. The number of hydrogen-bond acceptors (Lipinski definition) is 5. The van der Waals surface area contributed by atoms with E-state index in [-0.39, 0.29) is 16.0 Å². The summed E-state index contributed by atoms with van der Waals surface area (Å²) in [5, 5.41) is 17.8. The third-order valence-corrected chi connectivity index (χ3v) is 1.90. The van der Waals surface area contributed by atoms with E-state index in [0.29, 0.717) is 0 Å². The van der Waals surface area contributed by atoms with Gasteiger partial charge < -0.3 is 20.3 Å². The van der Waals surface area contributed by atoms with Crippen LogP contribution in [0.25, 0.3) is 0 Å². The lowest BCUT2D eigenvalue weighted by molar-refractivity contribution is 0.100. The van der Waals surface area contributed by atoms with Gasteiger partial charge in [-0.05, 0) is 31.1 Å². The third kappa shape index (κ3) is 4.11. The van der Waals surface area contributed by atoms with Crippen LogP contribution in [0.5, 0.6) is 0 Å². The fourth-order valence-corrected chi connectivity index (χ4v) is 1.11. The molecular formula is C7H9BClNO4S. The van der Waals surface area contributed by atoms with Gasteiger partial charge in [0, 0.05) is 16.0 Å². The minimum absolute atomic E-state index is 0.0676. The van der Waals surface area contributed by atoms with Crippen LogP contribution in [0, 0.1) is 0 Å². The molecule has 15 heavy (non-hydrogen) atoms. The SMILES string of the molecule is NC(=O)c1ccc(Cl)c(B(O)O)c1.OS. The minimum atomic E-state index is -1.70. The van der Waals surface area contributed by atoms with E-state index in [9.17, 15) is 4.79 Å². The number of halogens is 1. The molecule has 0 aromatic heterocycles. The number of hydrogen-bond donors (Lipinski definition) is 5. The van der Waals surface area contributed by atoms with Crippen molar-refractivity contribution in [3.8, 4) is 0 Å². The predicted molar refractivity (Wildman–Crippen MR) is 61.4 cm³/mol. The number of carbonyl (C=O) groups excluding carboxylic acids is 1. The number of primary amides is 1. The quantitative estimate of drug-likeness (QED) is 0.277. The molecule has 0 aliphatic rings. The highest BCUT2D eigenvalue weighted by atomic mass is 35.5. The summed E-state index contributed by atoms with van der Waals surface area (Å²) in [5.41, 5.74) is 5.24. The lowest BCUT2D eigenvalue weighted by Gasteiger charge is -2.03. The first kappa shape index (κ1) is 14.3. The Morgan fingerprint density at radius 1 is 1.40 bits per heavy atom. The highest BCUT2D eigenvalue weighted by Gasteiger charge is 2.16. The van der Waals surface area contributed by atoms with E-state index >= 15 is 0 Å². The molecule has 0 spiro atoms. The molecule has 1 aromatic carbocycles. The van der Waals surface area contributed by atoms with Gasteiger partial charge in [0.2, 0.25) is 5.91 Å². The maximum absolute atomic E-state index is 10.7. The number of thiol groups is 1. The Balaban J connectivity index is 0.000000921. The van der Waals surface area contributed by atoms with Gasteiger partial charge in [0.25, 0.3) is 0 Å². The van der Waals surface area contributed by atoms with Gasteiger partial charge in [-0.25, -0.2) is 0 Å². The summed E-state index contributed by atoms with van der Waals surface area (Å²) >= 11 is 8.15. The maximum atomic E-state index is 10.7. The van der Waals surface area contributed by atoms with Crippen LogP contribution in [-0.2, 0) is 0 Å². The molecule has 0 heterocycles. The summed E-state index contributed by atoms with van der Waals surface area (Å²) in [6.07, 6.45) is 0. The van der Waals surface area contributed by atoms with E-state index in [1.807, 2.05) is 0 Å². The van der Waals surface area contributed by atoms with Gasteiger partial charge in [-0.15, -0.1) is 0 Å². The van der Waals surface area contributed by atoms with Gasteiger partial charge in [-0.3, -0.25) is 4.79 Å². The number of benzene rings is 1. The second-order valence-corrected chi connectivity index (χ2v) is 2.88. The summed E-state index contributed by atoms with van der Waals surface area (Å²) in [4.78, 5) is 10.7. The molecule has 1 rings (SSSR count). The summed E-state index contributed by atoms with van der Waals surface area (Å²) in [7, 11) is -1.70. The Bertz CT molecular complexity index is 350. The van der Waals surface area contributed by atoms with Crippen LogP contribution in [0.2, 0.25) is 5.02 Å². The first-order valence-corrected chi connectivity index (χ1v) is 4.45. The van der Waals surface area contributed by atoms with E-state index in [1.54, 1.807) is 0 Å². The molecule has 0 aliphatic heterocycles. The highest BCUT2D eigenvalue weighted by Crippen LogP contribution is 2.07. The molecule has 0 atom stereocenters. The Morgan fingerprint density at radius 2 is 1.93 bits per heavy atom. The number of rotatable bonds is 2. The average Bonchev–Trinajstić information content (AvgIpc) is 2.20. The van der Waals surface area contributed by atoms with Crippen molar-refractivity contribution in [1.82, 2.24) is 0 Å². The van der Waals surface area contributed by atoms with Crippen molar-refractivity contribution in [3.05, 3.63) is 28.8 Å². The number of carbonyl (C=O) groups is 1. The number of nitrogens with two attached hydrogens (primary N) is 1. The molecule has 5 nitrogen and oxygen atoms in total. The van der Waals surface area contributed by atoms with Crippen molar-refractivity contribution in [1.29, 1.82) is 0 Å². The molecular weight excluding hydrogens is 240 g/mol. The van der Waals surface area contributed by atoms with Crippen molar-refractivity contribution in [2.75, 3.05) is 0 Å². The predicted octanol–water partition coefficient (Wildman–Crippen LogP) is -0.492. The molecule has 5 N–H and O–H groups in total. The molecule has 1 amide bonds. The van der Waals surface area contributed by atoms with E-state index in [0.717, 1.165) is 0 Å². The zero-order valence-corrected chi connectivity index (χ0v) is 9.11. The second-order valence-electron chi connectivity index (χ2n) is 2.47. The van der Waals surface area contributed by atoms with Crippen LogP contribution in [0.4, 0.5) is 0 Å². The van der Waals surface area contributed by atoms with E-state index in [1.165, 1.54) is 18.2 Å². The van der Waals surface area contributed by atoms with Gasteiger partial charge in [0.05, 0.1) is 0 Å². The highest BCUT2D eigenvalue weighted by molar-refractivity contribution is 7.74. The molecule has 82 valence electrons. The molecule has 1 aromatic rings. The average molecular weight is 249 g/mol. The Morgan fingerprint density at radius 3 is 2.33 bits per heavy atom. The van der Waals surface area contributed by atoms with Crippen molar-refractivity contribution in [2.45, 2.75) is 0 Å². The summed E-state index contributed by atoms with van der Waals surface area (Å²) in [6.45, 7) is 0. The summed E-state index contributed by atoms with van der Waals surface area (Å²) < 4.78 is 6.69. The van der Waals surface area contributed by atoms with E-state index in [2.05, 4.69) is 12.9 Å². The van der Waals surface area contributed by atoms with Crippen LogP contribution in [0.3, 0.4) is 0 Å². The molecule has 0 unspecified atom stereocenters. The van der Waals surface area contributed by atoms with Crippen LogP contribution < -0.4 is 11.2 Å². The Kier molecular flexibility index (Phi) is 6.38. The zero-order valence-electron chi connectivity index (χ0n) is 7.46. The fraction of sp³-hybridized carbons (Fsp3) is 0. The van der Waals surface area contributed by atoms with Gasteiger partial charge in [-0.1, -0.05) is 11.6 Å². The van der Waals surface area contributed by atoms with Crippen molar-refractivity contribution < 1.29 is 19.4 Å². The Hall–Kier alpha value is -0.725. The molecule has 0 saturated carbocycles. The normalized spacial score (nSPS) is 8.87. The first-order valence-electron chi connectivity index (χ1n) is 3.67. The smallest absolute Gasteiger partial charge is 0.423 e. The fourth-order valence-electron chi connectivity index (χ4n) is 0.895. The molecule has 0 aliphatic carbocycles. The van der Waals surface area contributed by atoms with Crippen LogP contribution in [-0.4, -0.2) is 27.6 Å². The third-order valence-electron chi connectivity index (χ3n) is 1.56. The van der Waals surface area contributed by atoms with Crippen LogP contribution in [0.1, 0.15) is 10.4 Å². The second kappa shape index (κ2) is 6.70. The summed E-state index contributed by atoms with van der Waals surface area (Å²) in [5.74, 6) is -0.640. The lowest BCUT2D eigenvalue weighted by Crippen LogP contribution is -2.32. The monoisotopic (exact) mass is 249 g/mol. The standard InChI is InChI=1S/C7H7BClNO3.H2OS/c9-6-2-1-4(7(10)11)3-5(6)8(12)13;1-2/h1-3,12-13H,(H2,10,11);1-2H. The lowest BCUT2D eigenvalue weighted by atomic mass is 9.79. The van der Waals surface area contributed by atoms with Crippen molar-refractivity contribution in [3.63, 3.8) is 0 Å². The van der Waals surface area contributed by atoms with Gasteiger partial charge >= 0.3 is 7.12 Å². The summed E-state index contributed by atoms with van der Waals surface area (Å²) in [6, 6.07) is 4.04. The van der Waals surface area contributed by atoms with E-state index < -0.39 is 13.0 Å². The first-order chi connectivity index (χ1) is 7.02. The molecule has 0 bridgehead atoms. The topological polar surface area (TPSA) is 104 Å². The molecule has 0 fully saturated rings. The van der Waals surface area contributed by atoms with Gasteiger partial charge in [-0.2, -0.15) is 0 Å². The van der Waals surface area contributed by atoms with Crippen molar-refractivity contribution in [2.24, 2.45) is 5.73 Å². The van der Waals surface area contributed by atoms with E-state index in [4.69, 9.17) is 31.9 Å². The van der Waals surface area contributed by atoms with Crippen LogP contribution >= 0.6 is 24.5 Å². The van der Waals surface area contributed by atoms with Crippen LogP contribution in [0.15, 0.2) is 18.2 Å². The molecule has 0 saturated heterocycles. The Labute approximate surface area is 97.2 Å². The van der Waals surface area contributed by atoms with Gasteiger partial charge in [0.1, 0.15) is 0 Å².